The molecule has 3 rings (SSSR count). The number of aromatic amines is 1. The van der Waals surface area contributed by atoms with E-state index >= 15 is 0 Å². The molecule has 1 aromatic carbocycles. The average molecular weight is 314 g/mol. The van der Waals surface area contributed by atoms with E-state index in [1.807, 2.05) is 0 Å². The van der Waals surface area contributed by atoms with Gasteiger partial charge in [-0.05, 0) is 24.6 Å². The smallest absolute Gasteiger partial charge is 0.212 e. The number of fused-ring (bicyclic) bond motifs is 1. The van der Waals surface area contributed by atoms with Crippen LogP contribution in [0.2, 0.25) is 0 Å². The number of benzene rings is 1. The Hall–Kier alpha value is -2.67. The molecule has 2 heterocycles. The van der Waals surface area contributed by atoms with Gasteiger partial charge in [0.15, 0.2) is 0 Å². The van der Waals surface area contributed by atoms with Crippen LogP contribution < -0.4 is 5.73 Å². The molecule has 3 aromatic rings. The van der Waals surface area contributed by atoms with Crippen LogP contribution in [0.5, 0.6) is 0 Å². The maximum Gasteiger partial charge on any atom is 0.212 e. The number of hydrogen-bond donors (Lipinski definition) is 2. The lowest BCUT2D eigenvalue weighted by Crippen LogP contribution is -2.04. The number of allylic oxidation sites excluding steroid dienone is 1. The van der Waals surface area contributed by atoms with Crippen molar-refractivity contribution in [2.24, 2.45) is 0 Å². The number of hydrogen-bond acceptors (Lipinski definition) is 5. The summed E-state index contributed by atoms with van der Waals surface area (Å²) in [7, 11) is -3.77. The molecule has 0 unspecified atom stereocenters. The average Bonchev–Trinajstić information content (AvgIpc) is 2.84. The Balaban J connectivity index is 2.36. The number of H-pyrrole nitrogens is 1. The molecule has 0 aliphatic carbocycles. The monoisotopic (exact) mass is 314 g/mol. The maximum atomic E-state index is 12.8. The molecule has 0 saturated heterocycles. The van der Waals surface area contributed by atoms with Gasteiger partial charge in [0.05, 0.1) is 16.1 Å². The van der Waals surface area contributed by atoms with E-state index in [2.05, 4.69) is 21.5 Å². The third kappa shape index (κ3) is 2.06. The highest BCUT2D eigenvalue weighted by Gasteiger charge is 2.27. The van der Waals surface area contributed by atoms with Crippen molar-refractivity contribution in [3.63, 3.8) is 0 Å². The van der Waals surface area contributed by atoms with E-state index in [0.29, 0.717) is 16.8 Å². The predicted molar refractivity (Wildman–Crippen MR) is 84.9 cm³/mol. The number of nitrogens with two attached hydrogens (primary N) is 1. The molecule has 112 valence electrons. The SMILES string of the molecule is C=C(C)c1ncnc2c(S(=O)(=O)c3ccccc3)c(N)[nH]c12. The first-order valence-corrected chi connectivity index (χ1v) is 7.99. The van der Waals surface area contributed by atoms with Crippen molar-refractivity contribution >= 4 is 32.3 Å². The largest absolute Gasteiger partial charge is 0.384 e. The molecule has 0 spiro atoms. The molecule has 0 fully saturated rings. The molecule has 0 amide bonds. The normalized spacial score (nSPS) is 11.7. The van der Waals surface area contributed by atoms with Crippen LogP contribution in [0.3, 0.4) is 0 Å². The molecule has 0 saturated carbocycles. The van der Waals surface area contributed by atoms with E-state index < -0.39 is 9.84 Å². The zero-order valence-corrected chi connectivity index (χ0v) is 12.7. The van der Waals surface area contributed by atoms with Crippen molar-refractivity contribution in [2.75, 3.05) is 5.73 Å². The molecule has 0 radical (unpaired) electrons. The van der Waals surface area contributed by atoms with Crippen molar-refractivity contribution in [3.05, 3.63) is 48.9 Å². The van der Waals surface area contributed by atoms with Crippen molar-refractivity contribution in [1.29, 1.82) is 0 Å². The summed E-state index contributed by atoms with van der Waals surface area (Å²) >= 11 is 0. The molecule has 0 aliphatic heterocycles. The molecular weight excluding hydrogens is 300 g/mol. The Morgan fingerprint density at radius 1 is 1.23 bits per heavy atom. The van der Waals surface area contributed by atoms with Gasteiger partial charge in [-0.15, -0.1) is 0 Å². The van der Waals surface area contributed by atoms with Crippen LogP contribution in [0.1, 0.15) is 12.6 Å². The Bertz CT molecular complexity index is 975. The molecule has 7 heteroatoms. The molecule has 6 nitrogen and oxygen atoms in total. The van der Waals surface area contributed by atoms with Crippen LogP contribution in [-0.4, -0.2) is 23.4 Å². The fourth-order valence-electron chi connectivity index (χ4n) is 2.31. The zero-order valence-electron chi connectivity index (χ0n) is 11.9. The first-order chi connectivity index (χ1) is 10.4. The van der Waals surface area contributed by atoms with Crippen molar-refractivity contribution in [2.45, 2.75) is 16.7 Å². The lowest BCUT2D eigenvalue weighted by Gasteiger charge is -2.04. The minimum Gasteiger partial charge on any atom is -0.384 e. The summed E-state index contributed by atoms with van der Waals surface area (Å²) in [5.74, 6) is 0.0434. The zero-order chi connectivity index (χ0) is 15.9. The van der Waals surface area contributed by atoms with Gasteiger partial charge < -0.3 is 10.7 Å². The van der Waals surface area contributed by atoms with Crippen LogP contribution in [0, 0.1) is 0 Å². The van der Waals surface area contributed by atoms with Gasteiger partial charge in [-0.1, -0.05) is 24.8 Å². The van der Waals surface area contributed by atoms with Crippen molar-refractivity contribution in [1.82, 2.24) is 15.0 Å². The van der Waals surface area contributed by atoms with Gasteiger partial charge in [0.1, 0.15) is 22.6 Å². The summed E-state index contributed by atoms with van der Waals surface area (Å²) in [6.07, 6.45) is 1.31. The molecule has 2 aromatic heterocycles. The number of rotatable bonds is 3. The van der Waals surface area contributed by atoms with Gasteiger partial charge in [0.2, 0.25) is 9.84 Å². The number of aromatic nitrogens is 3. The Kier molecular flexibility index (Phi) is 3.22. The Labute approximate surface area is 127 Å². The predicted octanol–water partition coefficient (Wildman–Crippen LogP) is 2.41. The maximum absolute atomic E-state index is 12.8. The second kappa shape index (κ2) is 4.96. The lowest BCUT2D eigenvalue weighted by atomic mass is 10.2. The summed E-state index contributed by atoms with van der Waals surface area (Å²) in [6.45, 7) is 5.62. The summed E-state index contributed by atoms with van der Waals surface area (Å²) in [5.41, 5.74) is 7.90. The third-order valence-electron chi connectivity index (χ3n) is 3.29. The van der Waals surface area contributed by atoms with Crippen molar-refractivity contribution < 1.29 is 8.42 Å². The fourth-order valence-corrected chi connectivity index (χ4v) is 3.81. The van der Waals surface area contributed by atoms with Gasteiger partial charge in [0.25, 0.3) is 0 Å². The number of nitrogen functional groups attached to an aromatic ring is 1. The topological polar surface area (TPSA) is 102 Å². The summed E-state index contributed by atoms with van der Waals surface area (Å²) in [4.78, 5) is 11.2. The minimum absolute atomic E-state index is 0.0291. The molecule has 0 aliphatic rings. The first-order valence-electron chi connectivity index (χ1n) is 6.51. The second-order valence-electron chi connectivity index (χ2n) is 4.91. The molecule has 0 bridgehead atoms. The number of nitrogens with one attached hydrogen (secondary N) is 1. The summed E-state index contributed by atoms with van der Waals surface area (Å²) in [5, 5.41) is 0. The van der Waals surface area contributed by atoms with Crippen LogP contribution in [0.15, 0.2) is 53.0 Å². The second-order valence-corrected chi connectivity index (χ2v) is 6.80. The standard InChI is InChI=1S/C15H14N4O2S/c1-9(2)11-12-13(18-8-17-11)14(15(16)19-12)22(20,21)10-6-4-3-5-7-10/h3-8,19H,1,16H2,2H3. The van der Waals surface area contributed by atoms with Gasteiger partial charge >= 0.3 is 0 Å². The molecule has 0 atom stereocenters. The van der Waals surface area contributed by atoms with Gasteiger partial charge in [-0.3, -0.25) is 0 Å². The Morgan fingerprint density at radius 2 is 1.91 bits per heavy atom. The molecule has 3 N–H and O–H groups in total. The van der Waals surface area contributed by atoms with E-state index in [1.54, 1.807) is 25.1 Å². The highest BCUT2D eigenvalue weighted by molar-refractivity contribution is 7.92. The molecule has 22 heavy (non-hydrogen) atoms. The van der Waals surface area contributed by atoms with Crippen LogP contribution >= 0.6 is 0 Å². The Morgan fingerprint density at radius 3 is 2.55 bits per heavy atom. The summed E-state index contributed by atoms with van der Waals surface area (Å²) < 4.78 is 25.7. The fraction of sp³-hybridized carbons (Fsp3) is 0.0667. The van der Waals surface area contributed by atoms with Crippen LogP contribution in [-0.2, 0) is 9.84 Å². The van der Waals surface area contributed by atoms with Crippen LogP contribution in [0.25, 0.3) is 16.6 Å². The molecular formula is C15H14N4O2S. The van der Waals surface area contributed by atoms with Gasteiger partial charge in [-0.2, -0.15) is 0 Å². The highest BCUT2D eigenvalue weighted by atomic mass is 32.2. The van der Waals surface area contributed by atoms with E-state index in [-0.39, 0.29) is 21.1 Å². The number of anilines is 1. The first kappa shape index (κ1) is 14.3. The minimum atomic E-state index is -3.77. The highest BCUT2D eigenvalue weighted by Crippen LogP contribution is 2.33. The lowest BCUT2D eigenvalue weighted by molar-refractivity contribution is 0.597. The summed E-state index contributed by atoms with van der Waals surface area (Å²) in [6, 6.07) is 8.11. The third-order valence-corrected chi connectivity index (χ3v) is 5.14. The van der Waals surface area contributed by atoms with Crippen molar-refractivity contribution in [3.8, 4) is 0 Å². The van der Waals surface area contributed by atoms with Crippen LogP contribution in [0.4, 0.5) is 5.82 Å². The number of sulfone groups is 1. The van der Waals surface area contributed by atoms with E-state index in [1.165, 1.54) is 18.5 Å². The van der Waals surface area contributed by atoms with E-state index in [4.69, 9.17) is 5.73 Å². The van der Waals surface area contributed by atoms with E-state index in [0.717, 1.165) is 0 Å². The van der Waals surface area contributed by atoms with Gasteiger partial charge in [0, 0.05) is 0 Å². The number of nitrogens with zero attached hydrogens (tertiary/aromatic N) is 2. The quantitative estimate of drug-likeness (QED) is 0.773. The van der Waals surface area contributed by atoms with E-state index in [9.17, 15) is 8.42 Å². The van der Waals surface area contributed by atoms with Gasteiger partial charge in [-0.25, -0.2) is 18.4 Å².